The Morgan fingerprint density at radius 2 is 1.92 bits per heavy atom. The van der Waals surface area contributed by atoms with Gasteiger partial charge in [0, 0.05) is 11.3 Å². The maximum Gasteiger partial charge on any atom is 0.255 e. The van der Waals surface area contributed by atoms with Gasteiger partial charge in [-0.15, -0.1) is 0 Å². The van der Waals surface area contributed by atoms with Gasteiger partial charge in [-0.3, -0.25) is 9.78 Å². The summed E-state index contributed by atoms with van der Waals surface area (Å²) in [7, 11) is 1.57. The predicted molar refractivity (Wildman–Crippen MR) is 99.8 cm³/mol. The molecule has 0 unspecified atom stereocenters. The molecule has 0 radical (unpaired) electrons. The molecule has 5 nitrogen and oxygen atoms in total. The second kappa shape index (κ2) is 8.51. The Bertz CT molecular complexity index is 734. The van der Waals surface area contributed by atoms with Crippen LogP contribution in [0.25, 0.3) is 0 Å². The maximum atomic E-state index is 12.6. The molecule has 0 saturated carbocycles. The van der Waals surface area contributed by atoms with Gasteiger partial charge in [0.05, 0.1) is 25.1 Å². The molecule has 1 aromatic heterocycles. The minimum absolute atomic E-state index is 0.199. The van der Waals surface area contributed by atoms with E-state index >= 15 is 0 Å². The van der Waals surface area contributed by atoms with Crippen molar-refractivity contribution in [1.82, 2.24) is 4.98 Å². The van der Waals surface area contributed by atoms with Crippen molar-refractivity contribution in [2.75, 3.05) is 19.0 Å². The lowest BCUT2D eigenvalue weighted by atomic mass is 10.1. The molecule has 0 aliphatic heterocycles. The molecule has 2 aromatic rings. The number of carbonyl (C=O) groups excluding carboxylic acids is 1. The van der Waals surface area contributed by atoms with Gasteiger partial charge in [0.15, 0.2) is 11.5 Å². The zero-order valence-electron chi connectivity index (χ0n) is 15.6. The second-order valence-corrected chi connectivity index (χ2v) is 6.06. The summed E-state index contributed by atoms with van der Waals surface area (Å²) in [4.78, 5) is 17.0. The summed E-state index contributed by atoms with van der Waals surface area (Å²) in [6, 6.07) is 7.17. The van der Waals surface area contributed by atoms with Gasteiger partial charge in [0.2, 0.25) is 0 Å². The number of aromatic nitrogens is 1. The molecule has 1 N–H and O–H groups in total. The van der Waals surface area contributed by atoms with Gasteiger partial charge < -0.3 is 14.8 Å². The van der Waals surface area contributed by atoms with Gasteiger partial charge in [-0.05, 0) is 57.0 Å². The average Bonchev–Trinajstić information content (AvgIpc) is 2.58. The van der Waals surface area contributed by atoms with E-state index < -0.39 is 0 Å². The van der Waals surface area contributed by atoms with E-state index in [9.17, 15) is 4.79 Å². The van der Waals surface area contributed by atoms with E-state index in [-0.39, 0.29) is 5.91 Å². The maximum absolute atomic E-state index is 12.6. The first-order valence-corrected chi connectivity index (χ1v) is 8.53. The van der Waals surface area contributed by atoms with Crippen LogP contribution in [0.3, 0.4) is 0 Å². The largest absolute Gasteiger partial charge is 0.493 e. The Hall–Kier alpha value is -2.56. The molecular weight excluding hydrogens is 316 g/mol. The normalized spacial score (nSPS) is 10.4. The molecule has 5 heteroatoms. The Labute approximate surface area is 149 Å². The Balaban J connectivity index is 2.19. The van der Waals surface area contributed by atoms with Crippen LogP contribution >= 0.6 is 0 Å². The number of pyridine rings is 1. The van der Waals surface area contributed by atoms with Crippen molar-refractivity contribution in [3.8, 4) is 11.5 Å². The molecule has 0 atom stereocenters. The highest BCUT2D eigenvalue weighted by Crippen LogP contribution is 2.29. The standard InChI is InChI=1S/C20H26N2O3/c1-6-7-10-25-17-9-8-16(12-18(17)24-5)20(23)22-19-13(2)11-14(3)21-15(19)4/h8-9,11-12H,6-7,10H2,1-5H3,(H,22,23). The van der Waals surface area contributed by atoms with E-state index in [2.05, 4.69) is 17.2 Å². The molecule has 2 rings (SSSR count). The van der Waals surface area contributed by atoms with Gasteiger partial charge in [-0.1, -0.05) is 13.3 Å². The van der Waals surface area contributed by atoms with Crippen LogP contribution in [0.5, 0.6) is 11.5 Å². The van der Waals surface area contributed by atoms with Crippen LogP contribution < -0.4 is 14.8 Å². The summed E-state index contributed by atoms with van der Waals surface area (Å²) in [5.41, 5.74) is 3.99. The van der Waals surface area contributed by atoms with Crippen molar-refractivity contribution >= 4 is 11.6 Å². The van der Waals surface area contributed by atoms with Crippen LogP contribution in [0.2, 0.25) is 0 Å². The zero-order chi connectivity index (χ0) is 18.4. The van der Waals surface area contributed by atoms with E-state index in [0.29, 0.717) is 23.7 Å². The number of hydrogen-bond acceptors (Lipinski definition) is 4. The molecular formula is C20H26N2O3. The Kier molecular flexibility index (Phi) is 6.39. The fourth-order valence-corrected chi connectivity index (χ4v) is 2.65. The number of unbranched alkanes of at least 4 members (excludes halogenated alkanes) is 1. The first kappa shape index (κ1) is 18.8. The number of anilines is 1. The Morgan fingerprint density at radius 3 is 2.56 bits per heavy atom. The zero-order valence-corrected chi connectivity index (χ0v) is 15.6. The molecule has 0 aliphatic carbocycles. The fraction of sp³-hybridized carbons (Fsp3) is 0.400. The van der Waals surface area contributed by atoms with Crippen LogP contribution in [-0.2, 0) is 0 Å². The lowest BCUT2D eigenvalue weighted by Crippen LogP contribution is -2.15. The lowest BCUT2D eigenvalue weighted by molar-refractivity contribution is 0.102. The number of amides is 1. The third kappa shape index (κ3) is 4.72. The van der Waals surface area contributed by atoms with E-state index in [1.165, 1.54) is 0 Å². The van der Waals surface area contributed by atoms with Gasteiger partial charge in [0.25, 0.3) is 5.91 Å². The molecule has 134 valence electrons. The topological polar surface area (TPSA) is 60.5 Å². The number of benzene rings is 1. The first-order chi connectivity index (χ1) is 12.0. The molecule has 1 amide bonds. The van der Waals surface area contributed by atoms with Crippen LogP contribution in [0.15, 0.2) is 24.3 Å². The third-order valence-electron chi connectivity index (χ3n) is 3.95. The third-order valence-corrected chi connectivity index (χ3v) is 3.95. The van der Waals surface area contributed by atoms with Crippen LogP contribution in [0.4, 0.5) is 5.69 Å². The first-order valence-electron chi connectivity index (χ1n) is 8.53. The highest BCUT2D eigenvalue weighted by molar-refractivity contribution is 6.05. The molecule has 0 bridgehead atoms. The van der Waals surface area contributed by atoms with Gasteiger partial charge in [-0.25, -0.2) is 0 Å². The number of rotatable bonds is 7. The number of nitrogens with zero attached hydrogens (tertiary/aromatic N) is 1. The van der Waals surface area contributed by atoms with Gasteiger partial charge in [0.1, 0.15) is 0 Å². The smallest absolute Gasteiger partial charge is 0.255 e. The summed E-state index contributed by atoms with van der Waals surface area (Å²) in [6.07, 6.45) is 2.04. The summed E-state index contributed by atoms with van der Waals surface area (Å²) in [5.74, 6) is 1.01. The van der Waals surface area contributed by atoms with Crippen LogP contribution in [-0.4, -0.2) is 24.6 Å². The molecule has 0 saturated heterocycles. The van der Waals surface area contributed by atoms with Crippen molar-refractivity contribution in [2.45, 2.75) is 40.5 Å². The highest BCUT2D eigenvalue weighted by atomic mass is 16.5. The number of nitrogens with one attached hydrogen (secondary N) is 1. The van der Waals surface area contributed by atoms with Crippen molar-refractivity contribution < 1.29 is 14.3 Å². The second-order valence-electron chi connectivity index (χ2n) is 6.06. The molecule has 25 heavy (non-hydrogen) atoms. The quantitative estimate of drug-likeness (QED) is 0.755. The number of carbonyl (C=O) groups is 1. The van der Waals surface area contributed by atoms with E-state index in [1.807, 2.05) is 26.8 Å². The Morgan fingerprint density at radius 1 is 1.16 bits per heavy atom. The average molecular weight is 342 g/mol. The van der Waals surface area contributed by atoms with Gasteiger partial charge >= 0.3 is 0 Å². The SMILES string of the molecule is CCCCOc1ccc(C(=O)Nc2c(C)cc(C)nc2C)cc1OC. The summed E-state index contributed by atoms with van der Waals surface area (Å²) in [5, 5.41) is 2.95. The van der Waals surface area contributed by atoms with E-state index in [4.69, 9.17) is 9.47 Å². The van der Waals surface area contributed by atoms with Crippen molar-refractivity contribution in [3.05, 3.63) is 46.8 Å². The number of hydrogen-bond donors (Lipinski definition) is 1. The number of ether oxygens (including phenoxy) is 2. The van der Waals surface area contributed by atoms with Crippen molar-refractivity contribution in [2.24, 2.45) is 0 Å². The predicted octanol–water partition coefficient (Wildman–Crippen LogP) is 4.45. The van der Waals surface area contributed by atoms with Gasteiger partial charge in [-0.2, -0.15) is 0 Å². The monoisotopic (exact) mass is 342 g/mol. The summed E-state index contributed by atoms with van der Waals surface area (Å²) < 4.78 is 11.1. The van der Waals surface area contributed by atoms with E-state index in [1.54, 1.807) is 25.3 Å². The van der Waals surface area contributed by atoms with E-state index in [0.717, 1.165) is 35.5 Å². The number of aryl methyl sites for hydroxylation is 3. The van der Waals surface area contributed by atoms with Crippen LogP contribution in [0.1, 0.15) is 47.1 Å². The van der Waals surface area contributed by atoms with Crippen molar-refractivity contribution in [3.63, 3.8) is 0 Å². The molecule has 0 fully saturated rings. The lowest BCUT2D eigenvalue weighted by Gasteiger charge is -2.14. The molecule has 1 heterocycles. The molecule has 0 spiro atoms. The minimum Gasteiger partial charge on any atom is -0.493 e. The summed E-state index contributed by atoms with van der Waals surface area (Å²) >= 11 is 0. The minimum atomic E-state index is -0.199. The number of methoxy groups -OCH3 is 1. The fourth-order valence-electron chi connectivity index (χ4n) is 2.65. The van der Waals surface area contributed by atoms with Crippen molar-refractivity contribution in [1.29, 1.82) is 0 Å². The summed E-state index contributed by atoms with van der Waals surface area (Å²) in [6.45, 7) is 8.53. The highest BCUT2D eigenvalue weighted by Gasteiger charge is 2.14. The molecule has 1 aromatic carbocycles. The van der Waals surface area contributed by atoms with Crippen LogP contribution in [0, 0.1) is 20.8 Å². The molecule has 0 aliphatic rings.